The Labute approximate surface area is 98.7 Å². The lowest BCUT2D eigenvalue weighted by Gasteiger charge is -2.15. The lowest BCUT2D eigenvalue weighted by Crippen LogP contribution is -2.23. The van der Waals surface area contributed by atoms with Crippen molar-refractivity contribution in [2.45, 2.75) is 13.0 Å². The number of rotatable bonds is 4. The summed E-state index contributed by atoms with van der Waals surface area (Å²) in [5, 5.41) is 10.8. The Morgan fingerprint density at radius 1 is 1.69 bits per heavy atom. The van der Waals surface area contributed by atoms with E-state index in [9.17, 15) is 4.79 Å². The van der Waals surface area contributed by atoms with Gasteiger partial charge >= 0.3 is 5.97 Å². The Hall–Kier alpha value is -0.910. The van der Waals surface area contributed by atoms with Crippen LogP contribution < -0.4 is 5.73 Å². The molecule has 1 aliphatic heterocycles. The summed E-state index contributed by atoms with van der Waals surface area (Å²) < 4.78 is 0. The van der Waals surface area contributed by atoms with Crippen LogP contribution >= 0.6 is 11.3 Å². The summed E-state index contributed by atoms with van der Waals surface area (Å²) in [6, 6.07) is 1.91. The van der Waals surface area contributed by atoms with Gasteiger partial charge in [-0.3, -0.25) is 4.90 Å². The molecule has 1 atom stereocenters. The number of likely N-dealkylation sites (tertiary alicyclic amines) is 1. The monoisotopic (exact) mass is 240 g/mol. The number of aromatic carboxylic acids is 1. The second kappa shape index (κ2) is 4.95. The minimum atomic E-state index is -0.820. The van der Waals surface area contributed by atoms with Gasteiger partial charge in [-0.25, -0.2) is 4.79 Å². The molecule has 0 aliphatic carbocycles. The van der Waals surface area contributed by atoms with Crippen molar-refractivity contribution in [2.24, 2.45) is 11.7 Å². The number of nitrogens with two attached hydrogens (primary N) is 1. The highest BCUT2D eigenvalue weighted by Crippen LogP contribution is 2.22. The predicted octanol–water partition coefficient (Wildman–Crippen LogP) is 1.23. The zero-order valence-corrected chi connectivity index (χ0v) is 9.87. The van der Waals surface area contributed by atoms with Crippen LogP contribution in [0.5, 0.6) is 0 Å². The van der Waals surface area contributed by atoms with Crippen molar-refractivity contribution in [3.05, 3.63) is 21.9 Å². The molecule has 3 N–H and O–H groups in total. The number of carboxylic acid groups (broad SMARTS) is 1. The van der Waals surface area contributed by atoms with Gasteiger partial charge in [0.25, 0.3) is 0 Å². The lowest BCUT2D eigenvalue weighted by molar-refractivity contribution is 0.0700. The first-order chi connectivity index (χ1) is 7.70. The molecule has 1 unspecified atom stereocenters. The molecule has 0 aromatic carbocycles. The summed E-state index contributed by atoms with van der Waals surface area (Å²) in [4.78, 5) is 13.7. The second-order valence-electron chi connectivity index (χ2n) is 4.21. The van der Waals surface area contributed by atoms with E-state index in [1.54, 1.807) is 0 Å². The van der Waals surface area contributed by atoms with E-state index in [0.717, 1.165) is 38.2 Å². The molecule has 0 amide bonds. The van der Waals surface area contributed by atoms with Crippen LogP contribution in [0.15, 0.2) is 11.4 Å². The summed E-state index contributed by atoms with van der Waals surface area (Å²) in [7, 11) is 0. The van der Waals surface area contributed by atoms with Crippen LogP contribution in [0.2, 0.25) is 0 Å². The first-order valence-corrected chi connectivity index (χ1v) is 6.30. The molecule has 16 heavy (non-hydrogen) atoms. The average molecular weight is 240 g/mol. The molecule has 2 heterocycles. The molecule has 4 nitrogen and oxygen atoms in total. The van der Waals surface area contributed by atoms with Gasteiger partial charge in [0.05, 0.1) is 0 Å². The van der Waals surface area contributed by atoms with Gasteiger partial charge in [-0.2, -0.15) is 0 Å². The molecule has 1 aromatic rings. The fourth-order valence-corrected chi connectivity index (χ4v) is 2.89. The number of carbonyl (C=O) groups is 1. The van der Waals surface area contributed by atoms with Crippen molar-refractivity contribution >= 4 is 17.3 Å². The van der Waals surface area contributed by atoms with E-state index < -0.39 is 5.97 Å². The standard InChI is InChI=1S/C11H16N2O2S/c12-5-8-1-3-13(6-8)7-9-2-4-16-10(9)11(14)15/h2,4,8H,1,3,5-7,12H2,(H,14,15). The highest BCUT2D eigenvalue weighted by Gasteiger charge is 2.23. The smallest absolute Gasteiger partial charge is 0.346 e. The molecule has 1 aromatic heterocycles. The quantitative estimate of drug-likeness (QED) is 0.830. The number of hydrogen-bond acceptors (Lipinski definition) is 4. The van der Waals surface area contributed by atoms with Gasteiger partial charge in [-0.15, -0.1) is 11.3 Å². The minimum Gasteiger partial charge on any atom is -0.477 e. The maximum absolute atomic E-state index is 10.9. The van der Waals surface area contributed by atoms with E-state index in [1.807, 2.05) is 11.4 Å². The molecule has 1 saturated heterocycles. The van der Waals surface area contributed by atoms with Crippen molar-refractivity contribution in [2.75, 3.05) is 19.6 Å². The molecular formula is C11H16N2O2S. The van der Waals surface area contributed by atoms with Gasteiger partial charge in [0.15, 0.2) is 0 Å². The van der Waals surface area contributed by atoms with E-state index >= 15 is 0 Å². The van der Waals surface area contributed by atoms with Crippen LogP contribution in [0.4, 0.5) is 0 Å². The third-order valence-corrected chi connectivity index (χ3v) is 3.98. The molecule has 1 aliphatic rings. The maximum atomic E-state index is 10.9. The maximum Gasteiger partial charge on any atom is 0.346 e. The minimum absolute atomic E-state index is 0.469. The Morgan fingerprint density at radius 2 is 2.50 bits per heavy atom. The van der Waals surface area contributed by atoms with Gasteiger partial charge < -0.3 is 10.8 Å². The van der Waals surface area contributed by atoms with Crippen LogP contribution in [-0.2, 0) is 6.54 Å². The van der Waals surface area contributed by atoms with E-state index in [2.05, 4.69) is 4.90 Å². The Kier molecular flexibility index (Phi) is 3.58. The van der Waals surface area contributed by atoms with Crippen LogP contribution in [0, 0.1) is 5.92 Å². The summed E-state index contributed by atoms with van der Waals surface area (Å²) in [6.07, 6.45) is 1.13. The van der Waals surface area contributed by atoms with Crippen LogP contribution in [-0.4, -0.2) is 35.6 Å². The molecule has 1 fully saturated rings. The zero-order valence-electron chi connectivity index (χ0n) is 9.06. The summed E-state index contributed by atoms with van der Waals surface area (Å²) in [5.74, 6) is -0.244. The fraction of sp³-hybridized carbons (Fsp3) is 0.545. The van der Waals surface area contributed by atoms with Crippen LogP contribution in [0.25, 0.3) is 0 Å². The Morgan fingerprint density at radius 3 is 3.12 bits per heavy atom. The molecule has 88 valence electrons. The van der Waals surface area contributed by atoms with Crippen molar-refractivity contribution in [1.82, 2.24) is 4.90 Å². The van der Waals surface area contributed by atoms with Crippen LogP contribution in [0.1, 0.15) is 21.7 Å². The molecular weight excluding hydrogens is 224 g/mol. The Bertz CT molecular complexity index is 378. The van der Waals surface area contributed by atoms with Gasteiger partial charge in [0, 0.05) is 13.1 Å². The van der Waals surface area contributed by atoms with Crippen molar-refractivity contribution in [3.63, 3.8) is 0 Å². The third-order valence-electron chi connectivity index (χ3n) is 3.04. The predicted molar refractivity (Wildman–Crippen MR) is 63.7 cm³/mol. The normalized spacial score (nSPS) is 21.4. The van der Waals surface area contributed by atoms with Gasteiger partial charge in [0.2, 0.25) is 0 Å². The second-order valence-corrected chi connectivity index (χ2v) is 5.12. The largest absolute Gasteiger partial charge is 0.477 e. The molecule has 2 rings (SSSR count). The highest BCUT2D eigenvalue weighted by molar-refractivity contribution is 7.12. The van der Waals surface area contributed by atoms with E-state index in [1.165, 1.54) is 11.3 Å². The topological polar surface area (TPSA) is 66.6 Å². The van der Waals surface area contributed by atoms with Gasteiger partial charge in [-0.1, -0.05) is 0 Å². The van der Waals surface area contributed by atoms with Gasteiger partial charge in [-0.05, 0) is 42.4 Å². The number of nitrogens with zero attached hydrogens (tertiary/aromatic N) is 1. The number of carboxylic acids is 1. The third kappa shape index (κ3) is 2.42. The average Bonchev–Trinajstić information content (AvgIpc) is 2.87. The first kappa shape index (κ1) is 11.6. The highest BCUT2D eigenvalue weighted by atomic mass is 32.1. The zero-order chi connectivity index (χ0) is 11.5. The molecule has 0 radical (unpaired) electrons. The van der Waals surface area contributed by atoms with E-state index in [0.29, 0.717) is 10.8 Å². The van der Waals surface area contributed by atoms with Crippen molar-refractivity contribution < 1.29 is 9.90 Å². The van der Waals surface area contributed by atoms with E-state index in [-0.39, 0.29) is 0 Å². The molecule has 0 saturated carbocycles. The van der Waals surface area contributed by atoms with Gasteiger partial charge in [0.1, 0.15) is 4.88 Å². The van der Waals surface area contributed by atoms with Crippen molar-refractivity contribution in [1.29, 1.82) is 0 Å². The summed E-state index contributed by atoms with van der Waals surface area (Å²) in [5.41, 5.74) is 6.55. The lowest BCUT2D eigenvalue weighted by atomic mass is 10.1. The fourth-order valence-electron chi connectivity index (χ4n) is 2.14. The molecule has 5 heteroatoms. The number of hydrogen-bond donors (Lipinski definition) is 2. The van der Waals surface area contributed by atoms with Crippen molar-refractivity contribution in [3.8, 4) is 0 Å². The molecule has 0 spiro atoms. The van der Waals surface area contributed by atoms with Crippen LogP contribution in [0.3, 0.4) is 0 Å². The summed E-state index contributed by atoms with van der Waals surface area (Å²) >= 11 is 1.30. The Balaban J connectivity index is 1.99. The summed E-state index contributed by atoms with van der Waals surface area (Å²) in [6.45, 7) is 3.48. The molecule has 0 bridgehead atoms. The first-order valence-electron chi connectivity index (χ1n) is 5.42. The number of thiophene rings is 1. The van der Waals surface area contributed by atoms with E-state index in [4.69, 9.17) is 10.8 Å². The SMILES string of the molecule is NCC1CCN(Cc2ccsc2C(=O)O)C1.